The van der Waals surface area contributed by atoms with Crippen LogP contribution >= 0.6 is 0 Å². The highest BCUT2D eigenvalue weighted by Crippen LogP contribution is 2.24. The number of carbonyl (C=O) groups is 2. The molecule has 0 spiro atoms. The normalized spacial score (nSPS) is 15.9. The van der Waals surface area contributed by atoms with Crippen LogP contribution in [0.3, 0.4) is 0 Å². The number of nitriles is 1. The average Bonchev–Trinajstić information content (AvgIpc) is 2.65. The van der Waals surface area contributed by atoms with Crippen molar-refractivity contribution >= 4 is 21.8 Å². The highest BCUT2D eigenvalue weighted by molar-refractivity contribution is 7.89. The maximum atomic E-state index is 12.7. The van der Waals surface area contributed by atoms with Gasteiger partial charge in [0.15, 0.2) is 0 Å². The van der Waals surface area contributed by atoms with Gasteiger partial charge in [-0.25, -0.2) is 8.42 Å². The molecule has 1 aliphatic rings. The number of hydrogen-bond acceptors (Lipinski definition) is 5. The van der Waals surface area contributed by atoms with Crippen molar-refractivity contribution in [3.63, 3.8) is 0 Å². The van der Waals surface area contributed by atoms with Crippen molar-refractivity contribution in [1.82, 2.24) is 14.9 Å². The fourth-order valence-electron chi connectivity index (χ4n) is 2.89. The number of nitrogens with zero attached hydrogens (tertiary/aromatic N) is 2. The Bertz CT molecular complexity index is 820. The molecule has 9 heteroatoms. The van der Waals surface area contributed by atoms with Crippen LogP contribution < -0.4 is 10.6 Å². The number of sulfonamides is 1. The lowest BCUT2D eigenvalue weighted by atomic mass is 9.97. The molecule has 1 heterocycles. The van der Waals surface area contributed by atoms with Crippen LogP contribution in [0.4, 0.5) is 0 Å². The van der Waals surface area contributed by atoms with Gasteiger partial charge in [0.1, 0.15) is 0 Å². The van der Waals surface area contributed by atoms with E-state index in [1.165, 1.54) is 28.6 Å². The van der Waals surface area contributed by atoms with E-state index in [9.17, 15) is 18.0 Å². The molecule has 0 unspecified atom stereocenters. The molecule has 1 fully saturated rings. The molecular weight excluding hydrogens is 368 g/mol. The number of amides is 2. The summed E-state index contributed by atoms with van der Waals surface area (Å²) >= 11 is 0. The first-order chi connectivity index (χ1) is 12.7. The Morgan fingerprint density at radius 1 is 1.22 bits per heavy atom. The summed E-state index contributed by atoms with van der Waals surface area (Å²) in [5.41, 5.74) is 0.394. The van der Waals surface area contributed by atoms with Crippen LogP contribution in [0.15, 0.2) is 29.2 Å². The average molecular weight is 392 g/mol. The number of nitrogens with one attached hydrogen (secondary N) is 2. The number of hydrogen-bond donors (Lipinski definition) is 2. The van der Waals surface area contributed by atoms with Crippen LogP contribution in [0.1, 0.15) is 32.3 Å². The first-order valence-corrected chi connectivity index (χ1v) is 10.3. The lowest BCUT2D eigenvalue weighted by Gasteiger charge is -2.30. The summed E-state index contributed by atoms with van der Waals surface area (Å²) < 4.78 is 26.7. The van der Waals surface area contributed by atoms with Crippen molar-refractivity contribution in [3.8, 4) is 6.07 Å². The van der Waals surface area contributed by atoms with Gasteiger partial charge in [0.05, 0.1) is 23.1 Å². The second kappa shape index (κ2) is 8.97. The Balaban J connectivity index is 1.89. The Kier molecular flexibility index (Phi) is 6.93. The second-order valence-corrected chi connectivity index (χ2v) is 8.69. The minimum atomic E-state index is -3.65. The second-order valence-electron chi connectivity index (χ2n) is 6.75. The molecule has 0 aromatic heterocycles. The quantitative estimate of drug-likeness (QED) is 0.735. The number of benzene rings is 1. The molecule has 2 N–H and O–H groups in total. The number of rotatable bonds is 6. The zero-order valence-corrected chi connectivity index (χ0v) is 16.3. The van der Waals surface area contributed by atoms with Crippen molar-refractivity contribution in [2.24, 2.45) is 5.92 Å². The summed E-state index contributed by atoms with van der Waals surface area (Å²) in [6.45, 7) is 4.06. The summed E-state index contributed by atoms with van der Waals surface area (Å²) in [6, 6.07) is 7.73. The molecule has 0 atom stereocenters. The van der Waals surface area contributed by atoms with Gasteiger partial charge in [0, 0.05) is 25.0 Å². The van der Waals surface area contributed by atoms with Crippen LogP contribution in [0.5, 0.6) is 0 Å². The molecule has 146 valence electrons. The van der Waals surface area contributed by atoms with Gasteiger partial charge in [-0.15, -0.1) is 0 Å². The third kappa shape index (κ3) is 5.52. The van der Waals surface area contributed by atoms with Gasteiger partial charge >= 0.3 is 0 Å². The Morgan fingerprint density at radius 3 is 2.33 bits per heavy atom. The number of piperidine rings is 1. The first kappa shape index (κ1) is 20.9. The van der Waals surface area contributed by atoms with Crippen molar-refractivity contribution in [1.29, 1.82) is 5.26 Å². The van der Waals surface area contributed by atoms with E-state index >= 15 is 0 Å². The van der Waals surface area contributed by atoms with E-state index in [1.54, 1.807) is 0 Å². The van der Waals surface area contributed by atoms with Crippen LogP contribution in [0.25, 0.3) is 0 Å². The van der Waals surface area contributed by atoms with Gasteiger partial charge in [-0.3, -0.25) is 9.59 Å². The fourth-order valence-corrected chi connectivity index (χ4v) is 4.36. The topological polar surface area (TPSA) is 119 Å². The molecule has 1 aliphatic heterocycles. The molecule has 0 bridgehead atoms. The highest BCUT2D eigenvalue weighted by atomic mass is 32.2. The largest absolute Gasteiger partial charge is 0.352 e. The molecule has 1 aromatic rings. The lowest BCUT2D eigenvalue weighted by molar-refractivity contribution is -0.129. The third-order valence-electron chi connectivity index (χ3n) is 4.32. The smallest absolute Gasteiger partial charge is 0.243 e. The minimum Gasteiger partial charge on any atom is -0.352 e. The summed E-state index contributed by atoms with van der Waals surface area (Å²) in [5, 5.41) is 14.1. The fraction of sp³-hybridized carbons (Fsp3) is 0.500. The SMILES string of the molecule is CC(C)NC(=O)CNC(=O)C1CCN(S(=O)(=O)c2ccc(C#N)cc2)CC1. The van der Waals surface area contributed by atoms with E-state index in [0.29, 0.717) is 18.4 Å². The summed E-state index contributed by atoms with van der Waals surface area (Å²) in [5.74, 6) is -0.798. The summed E-state index contributed by atoms with van der Waals surface area (Å²) in [4.78, 5) is 23.9. The first-order valence-electron chi connectivity index (χ1n) is 8.81. The van der Waals surface area contributed by atoms with E-state index in [1.807, 2.05) is 19.9 Å². The molecule has 1 aromatic carbocycles. The van der Waals surface area contributed by atoms with Crippen LogP contribution in [0.2, 0.25) is 0 Å². The van der Waals surface area contributed by atoms with Crippen molar-refractivity contribution < 1.29 is 18.0 Å². The maximum Gasteiger partial charge on any atom is 0.243 e. The van der Waals surface area contributed by atoms with Crippen LogP contribution in [0, 0.1) is 17.2 Å². The van der Waals surface area contributed by atoms with Crippen LogP contribution in [-0.4, -0.2) is 50.2 Å². The monoisotopic (exact) mass is 392 g/mol. The number of carbonyl (C=O) groups excluding carboxylic acids is 2. The van der Waals surface area contributed by atoms with Crippen molar-refractivity contribution in [3.05, 3.63) is 29.8 Å². The predicted octanol–water partition coefficient (Wildman–Crippen LogP) is 0.600. The Labute approximate surface area is 159 Å². The molecule has 0 radical (unpaired) electrons. The standard InChI is InChI=1S/C18H24N4O4S/c1-13(2)21-17(23)12-20-18(24)15-7-9-22(10-8-15)27(25,26)16-5-3-14(11-19)4-6-16/h3-6,13,15H,7-10,12H2,1-2H3,(H,20,24)(H,21,23). The van der Waals surface area contributed by atoms with Crippen molar-refractivity contribution in [2.45, 2.75) is 37.6 Å². The third-order valence-corrected chi connectivity index (χ3v) is 6.23. The van der Waals surface area contributed by atoms with Gasteiger partial charge in [0.25, 0.3) is 0 Å². The van der Waals surface area contributed by atoms with E-state index in [0.717, 1.165) is 0 Å². The lowest BCUT2D eigenvalue weighted by Crippen LogP contribution is -2.45. The van der Waals surface area contributed by atoms with Crippen LogP contribution in [-0.2, 0) is 19.6 Å². The minimum absolute atomic E-state index is 0.00470. The molecule has 0 saturated carbocycles. The zero-order valence-electron chi connectivity index (χ0n) is 15.4. The Morgan fingerprint density at radius 2 is 1.81 bits per heavy atom. The van der Waals surface area contributed by atoms with Gasteiger partial charge in [-0.05, 0) is 51.0 Å². The van der Waals surface area contributed by atoms with Gasteiger partial charge < -0.3 is 10.6 Å². The molecule has 8 nitrogen and oxygen atoms in total. The predicted molar refractivity (Wildman–Crippen MR) is 98.9 cm³/mol. The van der Waals surface area contributed by atoms with E-state index in [4.69, 9.17) is 5.26 Å². The van der Waals surface area contributed by atoms with E-state index in [-0.39, 0.29) is 48.3 Å². The Hall–Kier alpha value is -2.44. The molecular formula is C18H24N4O4S. The summed E-state index contributed by atoms with van der Waals surface area (Å²) in [6.07, 6.45) is 0.792. The van der Waals surface area contributed by atoms with Gasteiger partial charge in [-0.2, -0.15) is 9.57 Å². The summed E-state index contributed by atoms with van der Waals surface area (Å²) in [7, 11) is -3.65. The molecule has 27 heavy (non-hydrogen) atoms. The molecule has 2 amide bonds. The zero-order chi connectivity index (χ0) is 20.0. The van der Waals surface area contributed by atoms with Gasteiger partial charge in [-0.1, -0.05) is 0 Å². The van der Waals surface area contributed by atoms with E-state index < -0.39 is 10.0 Å². The molecule has 0 aliphatic carbocycles. The molecule has 1 saturated heterocycles. The van der Waals surface area contributed by atoms with E-state index in [2.05, 4.69) is 10.6 Å². The molecule has 2 rings (SSSR count). The highest BCUT2D eigenvalue weighted by Gasteiger charge is 2.32. The van der Waals surface area contributed by atoms with Crippen molar-refractivity contribution in [2.75, 3.05) is 19.6 Å². The van der Waals surface area contributed by atoms with Gasteiger partial charge in [0.2, 0.25) is 21.8 Å². The maximum absolute atomic E-state index is 12.7.